The molecule has 1 aliphatic heterocycles. The topological polar surface area (TPSA) is 59.8 Å². The van der Waals surface area contributed by atoms with Crippen molar-refractivity contribution in [3.8, 4) is 0 Å². The number of alkyl halides is 1. The molecule has 0 aromatic carbocycles. The summed E-state index contributed by atoms with van der Waals surface area (Å²) < 4.78 is 37.5. The van der Waals surface area contributed by atoms with Gasteiger partial charge in [-0.25, -0.2) is 8.42 Å². The lowest BCUT2D eigenvalue weighted by atomic mass is 10.4. The van der Waals surface area contributed by atoms with Crippen LogP contribution in [0.3, 0.4) is 0 Å². The van der Waals surface area contributed by atoms with E-state index in [1.54, 1.807) is 6.92 Å². The SMILES string of the molecule is Cc1oc(CCl)cc1S(=O)(=O)N1CCCOC(C)C1. The van der Waals surface area contributed by atoms with Gasteiger partial charge in [-0.3, -0.25) is 0 Å². The lowest BCUT2D eigenvalue weighted by molar-refractivity contribution is 0.0752. The smallest absolute Gasteiger partial charge is 0.246 e. The molecular formula is C12H18ClNO4S. The van der Waals surface area contributed by atoms with Crippen molar-refractivity contribution in [2.24, 2.45) is 0 Å². The largest absolute Gasteiger partial charge is 0.464 e. The number of rotatable bonds is 3. The molecule has 0 amide bonds. The third kappa shape index (κ3) is 3.13. The van der Waals surface area contributed by atoms with Crippen LogP contribution in [-0.4, -0.2) is 38.5 Å². The molecule has 19 heavy (non-hydrogen) atoms. The average molecular weight is 308 g/mol. The standard InChI is InChI=1S/C12H18ClNO4S/c1-9-8-14(4-3-5-17-9)19(15,16)12-6-11(7-13)18-10(12)2/h6,9H,3-5,7-8H2,1-2H3. The van der Waals surface area contributed by atoms with Crippen LogP contribution < -0.4 is 0 Å². The van der Waals surface area contributed by atoms with Crippen molar-refractivity contribution in [3.63, 3.8) is 0 Å². The highest BCUT2D eigenvalue weighted by Crippen LogP contribution is 2.25. The highest BCUT2D eigenvalue weighted by atomic mass is 35.5. The molecule has 1 atom stereocenters. The van der Waals surface area contributed by atoms with E-state index in [1.807, 2.05) is 6.92 Å². The molecule has 2 heterocycles. The summed E-state index contributed by atoms with van der Waals surface area (Å²) in [6.07, 6.45) is 0.597. The summed E-state index contributed by atoms with van der Waals surface area (Å²) in [5.74, 6) is 1.01. The van der Waals surface area contributed by atoms with E-state index in [-0.39, 0.29) is 16.9 Å². The van der Waals surface area contributed by atoms with Crippen LogP contribution in [0.1, 0.15) is 24.9 Å². The van der Waals surface area contributed by atoms with E-state index in [9.17, 15) is 8.42 Å². The van der Waals surface area contributed by atoms with E-state index in [2.05, 4.69) is 0 Å². The maximum absolute atomic E-state index is 12.6. The van der Waals surface area contributed by atoms with Gasteiger partial charge in [0.2, 0.25) is 10.0 Å². The van der Waals surface area contributed by atoms with Crippen molar-refractivity contribution >= 4 is 21.6 Å². The minimum atomic E-state index is -3.54. The third-order valence-corrected chi connectivity index (χ3v) is 5.32. The molecule has 0 spiro atoms. The fourth-order valence-corrected chi connectivity index (χ4v) is 4.03. The number of ether oxygens (including phenoxy) is 1. The average Bonchev–Trinajstić information content (AvgIpc) is 2.60. The van der Waals surface area contributed by atoms with Crippen molar-refractivity contribution in [2.45, 2.75) is 37.1 Å². The highest BCUT2D eigenvalue weighted by molar-refractivity contribution is 7.89. The first-order valence-electron chi connectivity index (χ1n) is 6.22. The fraction of sp³-hybridized carbons (Fsp3) is 0.667. The Balaban J connectivity index is 2.32. The number of hydrogen-bond donors (Lipinski definition) is 0. The molecule has 5 nitrogen and oxygen atoms in total. The van der Waals surface area contributed by atoms with Crippen LogP contribution in [-0.2, 0) is 20.6 Å². The molecule has 0 bridgehead atoms. The zero-order valence-electron chi connectivity index (χ0n) is 11.1. The molecule has 1 aromatic rings. The normalized spacial score (nSPS) is 22.4. The number of aryl methyl sites for hydroxylation is 1. The molecule has 1 aromatic heterocycles. The summed E-state index contributed by atoms with van der Waals surface area (Å²) in [7, 11) is -3.54. The van der Waals surface area contributed by atoms with Gasteiger partial charge >= 0.3 is 0 Å². The van der Waals surface area contributed by atoms with Gasteiger partial charge in [0.05, 0.1) is 12.0 Å². The van der Waals surface area contributed by atoms with Crippen molar-refractivity contribution in [1.29, 1.82) is 0 Å². The Kier molecular flexibility index (Phi) is 4.55. The van der Waals surface area contributed by atoms with Crippen LogP contribution in [0.5, 0.6) is 0 Å². The molecule has 0 N–H and O–H groups in total. The second kappa shape index (κ2) is 5.83. The maximum atomic E-state index is 12.6. The molecule has 0 saturated carbocycles. The van der Waals surface area contributed by atoms with Crippen LogP contribution in [0.25, 0.3) is 0 Å². The Morgan fingerprint density at radius 2 is 2.26 bits per heavy atom. The van der Waals surface area contributed by atoms with Gasteiger partial charge in [0.15, 0.2) is 0 Å². The molecule has 2 rings (SSSR count). The minimum absolute atomic E-state index is 0.100. The lowest BCUT2D eigenvalue weighted by Gasteiger charge is -2.21. The second-order valence-corrected chi connectivity index (χ2v) is 6.84. The zero-order valence-corrected chi connectivity index (χ0v) is 12.6. The zero-order chi connectivity index (χ0) is 14.0. The number of furan rings is 1. The number of halogens is 1. The van der Waals surface area contributed by atoms with Crippen LogP contribution >= 0.6 is 11.6 Å². The molecule has 1 fully saturated rings. The minimum Gasteiger partial charge on any atom is -0.464 e. The van der Waals surface area contributed by atoms with E-state index >= 15 is 0 Å². The summed E-state index contributed by atoms with van der Waals surface area (Å²) >= 11 is 5.68. The quantitative estimate of drug-likeness (QED) is 0.803. The van der Waals surface area contributed by atoms with E-state index < -0.39 is 10.0 Å². The van der Waals surface area contributed by atoms with Crippen LogP contribution in [0.2, 0.25) is 0 Å². The Labute approximate surface area is 118 Å². The highest BCUT2D eigenvalue weighted by Gasteiger charge is 2.31. The summed E-state index contributed by atoms with van der Waals surface area (Å²) in [6, 6.07) is 1.51. The monoisotopic (exact) mass is 307 g/mol. The first-order chi connectivity index (χ1) is 8.95. The molecule has 1 unspecified atom stereocenters. The number of sulfonamides is 1. The van der Waals surface area contributed by atoms with Gasteiger partial charge in [-0.1, -0.05) is 0 Å². The van der Waals surface area contributed by atoms with E-state index in [1.165, 1.54) is 10.4 Å². The maximum Gasteiger partial charge on any atom is 0.246 e. The van der Waals surface area contributed by atoms with E-state index in [0.29, 0.717) is 37.6 Å². The van der Waals surface area contributed by atoms with Gasteiger partial charge in [-0.2, -0.15) is 4.31 Å². The fourth-order valence-electron chi connectivity index (χ4n) is 2.16. The molecule has 1 aliphatic rings. The lowest BCUT2D eigenvalue weighted by Crippen LogP contribution is -2.36. The second-order valence-electron chi connectivity index (χ2n) is 4.66. The molecule has 0 aliphatic carbocycles. The van der Waals surface area contributed by atoms with Crippen molar-refractivity contribution < 1.29 is 17.6 Å². The number of nitrogens with zero attached hydrogens (tertiary/aromatic N) is 1. The number of hydrogen-bond acceptors (Lipinski definition) is 4. The summed E-state index contributed by atoms with van der Waals surface area (Å²) in [4.78, 5) is 0.206. The van der Waals surface area contributed by atoms with Gasteiger partial charge in [-0.05, 0) is 20.3 Å². The van der Waals surface area contributed by atoms with Gasteiger partial charge in [-0.15, -0.1) is 11.6 Å². The molecule has 0 radical (unpaired) electrons. The van der Waals surface area contributed by atoms with Gasteiger partial charge in [0, 0.05) is 25.8 Å². The molecular weight excluding hydrogens is 290 g/mol. The van der Waals surface area contributed by atoms with Crippen molar-refractivity contribution in [3.05, 3.63) is 17.6 Å². The van der Waals surface area contributed by atoms with Crippen LogP contribution in [0.15, 0.2) is 15.4 Å². The summed E-state index contributed by atoms with van der Waals surface area (Å²) in [6.45, 7) is 4.93. The molecule has 7 heteroatoms. The van der Waals surface area contributed by atoms with E-state index in [0.717, 1.165) is 0 Å². The first-order valence-corrected chi connectivity index (χ1v) is 8.19. The molecule has 108 valence electrons. The Hall–Kier alpha value is -0.560. The van der Waals surface area contributed by atoms with Gasteiger partial charge in [0.1, 0.15) is 16.4 Å². The summed E-state index contributed by atoms with van der Waals surface area (Å²) in [5, 5.41) is 0. The van der Waals surface area contributed by atoms with E-state index in [4.69, 9.17) is 20.8 Å². The van der Waals surface area contributed by atoms with Gasteiger partial charge < -0.3 is 9.15 Å². The molecule has 1 saturated heterocycles. The Bertz CT molecular complexity index is 540. The Morgan fingerprint density at radius 3 is 2.89 bits per heavy atom. The van der Waals surface area contributed by atoms with Gasteiger partial charge in [0.25, 0.3) is 0 Å². The van der Waals surface area contributed by atoms with Crippen molar-refractivity contribution in [1.82, 2.24) is 4.31 Å². The van der Waals surface area contributed by atoms with Crippen LogP contribution in [0, 0.1) is 6.92 Å². The predicted molar refractivity (Wildman–Crippen MR) is 71.8 cm³/mol. The predicted octanol–water partition coefficient (Wildman–Crippen LogP) is 2.13. The third-order valence-electron chi connectivity index (χ3n) is 3.09. The Morgan fingerprint density at radius 1 is 1.53 bits per heavy atom. The van der Waals surface area contributed by atoms with Crippen LogP contribution in [0.4, 0.5) is 0 Å². The first kappa shape index (κ1) is 14.8. The summed E-state index contributed by atoms with van der Waals surface area (Å²) in [5.41, 5.74) is 0. The van der Waals surface area contributed by atoms with Crippen molar-refractivity contribution in [2.75, 3.05) is 19.7 Å².